The van der Waals surface area contributed by atoms with Crippen molar-refractivity contribution in [1.82, 2.24) is 10.6 Å². The molecule has 0 saturated heterocycles. The number of hydrogen-bond donors (Lipinski definition) is 3. The van der Waals surface area contributed by atoms with Crippen LogP contribution in [0.25, 0.3) is 0 Å². The van der Waals surface area contributed by atoms with Crippen LogP contribution in [0.5, 0.6) is 0 Å². The SMILES string of the molecule is O=C(NCc1cccs1)C(=O)NC[C@@H](O)C1CCCCC1. The van der Waals surface area contributed by atoms with E-state index in [2.05, 4.69) is 10.6 Å². The number of thiophene rings is 1. The summed E-state index contributed by atoms with van der Waals surface area (Å²) >= 11 is 1.53. The van der Waals surface area contributed by atoms with Crippen molar-refractivity contribution < 1.29 is 14.7 Å². The fraction of sp³-hybridized carbons (Fsp3) is 0.600. The molecular formula is C15H22N2O3S. The van der Waals surface area contributed by atoms with E-state index < -0.39 is 17.9 Å². The molecule has 116 valence electrons. The number of rotatable bonds is 5. The predicted molar refractivity (Wildman–Crippen MR) is 81.8 cm³/mol. The molecule has 0 unspecified atom stereocenters. The zero-order chi connectivity index (χ0) is 15.1. The summed E-state index contributed by atoms with van der Waals surface area (Å²) in [6.07, 6.45) is 4.94. The molecule has 0 radical (unpaired) electrons. The van der Waals surface area contributed by atoms with Gasteiger partial charge in [0.2, 0.25) is 0 Å². The van der Waals surface area contributed by atoms with Crippen molar-refractivity contribution in [2.24, 2.45) is 5.92 Å². The summed E-state index contributed by atoms with van der Waals surface area (Å²) in [6.45, 7) is 0.505. The summed E-state index contributed by atoms with van der Waals surface area (Å²) in [4.78, 5) is 24.3. The van der Waals surface area contributed by atoms with Gasteiger partial charge in [-0.25, -0.2) is 0 Å². The first-order valence-electron chi connectivity index (χ1n) is 7.43. The van der Waals surface area contributed by atoms with Gasteiger partial charge in [0, 0.05) is 11.4 Å². The van der Waals surface area contributed by atoms with Crippen LogP contribution in [-0.4, -0.2) is 29.6 Å². The van der Waals surface area contributed by atoms with Crippen LogP contribution in [0, 0.1) is 5.92 Å². The third-order valence-electron chi connectivity index (χ3n) is 3.88. The summed E-state index contributed by atoms with van der Waals surface area (Å²) in [5, 5.41) is 17.0. The molecule has 1 heterocycles. The molecule has 1 aromatic heterocycles. The van der Waals surface area contributed by atoms with Crippen molar-refractivity contribution in [2.45, 2.75) is 44.8 Å². The van der Waals surface area contributed by atoms with Gasteiger partial charge in [-0.2, -0.15) is 0 Å². The van der Waals surface area contributed by atoms with Gasteiger partial charge in [0.25, 0.3) is 0 Å². The molecule has 1 fully saturated rings. The molecule has 6 heteroatoms. The molecule has 0 aliphatic heterocycles. The Balaban J connectivity index is 1.66. The molecule has 1 saturated carbocycles. The van der Waals surface area contributed by atoms with Gasteiger partial charge >= 0.3 is 11.8 Å². The van der Waals surface area contributed by atoms with Crippen LogP contribution in [0.4, 0.5) is 0 Å². The van der Waals surface area contributed by atoms with Crippen LogP contribution >= 0.6 is 11.3 Å². The minimum Gasteiger partial charge on any atom is -0.391 e. The number of aliphatic hydroxyl groups excluding tert-OH is 1. The highest BCUT2D eigenvalue weighted by Gasteiger charge is 2.23. The van der Waals surface area contributed by atoms with E-state index in [0.717, 1.165) is 30.6 Å². The Morgan fingerprint density at radius 2 is 1.95 bits per heavy atom. The number of carbonyl (C=O) groups excluding carboxylic acids is 2. The van der Waals surface area contributed by atoms with Gasteiger partial charge < -0.3 is 15.7 Å². The van der Waals surface area contributed by atoms with E-state index in [0.29, 0.717) is 6.54 Å². The molecule has 1 aliphatic carbocycles. The number of carbonyl (C=O) groups is 2. The zero-order valence-corrected chi connectivity index (χ0v) is 12.8. The molecule has 1 aromatic rings. The average molecular weight is 310 g/mol. The average Bonchev–Trinajstić information content (AvgIpc) is 3.04. The summed E-state index contributed by atoms with van der Waals surface area (Å²) in [6, 6.07) is 3.79. The van der Waals surface area contributed by atoms with Gasteiger partial charge in [0.05, 0.1) is 12.6 Å². The van der Waals surface area contributed by atoms with E-state index in [1.807, 2.05) is 17.5 Å². The fourth-order valence-corrected chi connectivity index (χ4v) is 3.27. The van der Waals surface area contributed by atoms with Gasteiger partial charge in [-0.1, -0.05) is 25.3 Å². The minimum atomic E-state index is -0.679. The lowest BCUT2D eigenvalue weighted by Gasteiger charge is -2.26. The first kappa shape index (κ1) is 16.0. The quantitative estimate of drug-likeness (QED) is 0.720. The second-order valence-corrected chi connectivity index (χ2v) is 6.47. The number of aliphatic hydroxyl groups is 1. The van der Waals surface area contributed by atoms with E-state index in [1.165, 1.54) is 17.8 Å². The molecule has 21 heavy (non-hydrogen) atoms. The predicted octanol–water partition coefficient (Wildman–Crippen LogP) is 1.42. The third kappa shape index (κ3) is 5.13. The maximum atomic E-state index is 11.7. The van der Waals surface area contributed by atoms with Crippen molar-refractivity contribution >= 4 is 23.2 Å². The Hall–Kier alpha value is -1.40. The molecule has 3 N–H and O–H groups in total. The number of nitrogens with one attached hydrogen (secondary N) is 2. The smallest absolute Gasteiger partial charge is 0.309 e. The van der Waals surface area contributed by atoms with Crippen molar-refractivity contribution in [2.75, 3.05) is 6.54 Å². The van der Waals surface area contributed by atoms with E-state index in [1.54, 1.807) is 0 Å². The number of amides is 2. The lowest BCUT2D eigenvalue weighted by atomic mass is 9.85. The standard InChI is InChI=1S/C15H22N2O3S/c18-13(11-5-2-1-3-6-11)10-17-15(20)14(19)16-9-12-7-4-8-21-12/h4,7-8,11,13,18H,1-3,5-6,9-10H2,(H,16,19)(H,17,20)/t13-/m1/s1. The first-order valence-corrected chi connectivity index (χ1v) is 8.31. The maximum Gasteiger partial charge on any atom is 0.309 e. The van der Waals surface area contributed by atoms with Crippen LogP contribution in [0.3, 0.4) is 0 Å². The summed E-state index contributed by atoms with van der Waals surface area (Å²) in [7, 11) is 0. The summed E-state index contributed by atoms with van der Waals surface area (Å²) in [5.41, 5.74) is 0. The number of hydrogen-bond acceptors (Lipinski definition) is 4. The molecule has 1 atom stereocenters. The Morgan fingerprint density at radius 3 is 2.62 bits per heavy atom. The fourth-order valence-electron chi connectivity index (χ4n) is 2.62. The second-order valence-electron chi connectivity index (χ2n) is 5.44. The van der Waals surface area contributed by atoms with Crippen LogP contribution in [0.1, 0.15) is 37.0 Å². The van der Waals surface area contributed by atoms with Crippen molar-refractivity contribution in [3.8, 4) is 0 Å². The van der Waals surface area contributed by atoms with Crippen LogP contribution in [0.2, 0.25) is 0 Å². The van der Waals surface area contributed by atoms with Gasteiger partial charge in [-0.15, -0.1) is 11.3 Å². The van der Waals surface area contributed by atoms with Crippen LogP contribution in [0.15, 0.2) is 17.5 Å². The highest BCUT2D eigenvalue weighted by atomic mass is 32.1. The maximum absolute atomic E-state index is 11.7. The molecule has 0 spiro atoms. The minimum absolute atomic E-state index is 0.149. The molecule has 2 amide bonds. The lowest BCUT2D eigenvalue weighted by Crippen LogP contribution is -2.44. The zero-order valence-electron chi connectivity index (χ0n) is 12.0. The topological polar surface area (TPSA) is 78.4 Å². The lowest BCUT2D eigenvalue weighted by molar-refractivity contribution is -0.139. The van der Waals surface area contributed by atoms with E-state index in [-0.39, 0.29) is 12.5 Å². The van der Waals surface area contributed by atoms with E-state index in [4.69, 9.17) is 0 Å². The molecule has 5 nitrogen and oxygen atoms in total. The monoisotopic (exact) mass is 310 g/mol. The van der Waals surface area contributed by atoms with Gasteiger partial charge in [0.15, 0.2) is 0 Å². The third-order valence-corrected chi connectivity index (χ3v) is 4.75. The first-order chi connectivity index (χ1) is 10.2. The Labute approximate surface area is 128 Å². The Kier molecular flexibility index (Phi) is 6.20. The van der Waals surface area contributed by atoms with Gasteiger partial charge in [0.1, 0.15) is 0 Å². The van der Waals surface area contributed by atoms with Crippen LogP contribution in [-0.2, 0) is 16.1 Å². The summed E-state index contributed by atoms with van der Waals surface area (Å²) < 4.78 is 0. The van der Waals surface area contributed by atoms with E-state index in [9.17, 15) is 14.7 Å². The molecular weight excluding hydrogens is 288 g/mol. The molecule has 1 aliphatic rings. The normalized spacial score (nSPS) is 17.2. The van der Waals surface area contributed by atoms with Crippen molar-refractivity contribution in [3.05, 3.63) is 22.4 Å². The largest absolute Gasteiger partial charge is 0.391 e. The Bertz CT molecular complexity index is 455. The second kappa shape index (κ2) is 8.14. The highest BCUT2D eigenvalue weighted by Crippen LogP contribution is 2.26. The molecule has 0 bridgehead atoms. The van der Waals surface area contributed by atoms with Crippen molar-refractivity contribution in [1.29, 1.82) is 0 Å². The highest BCUT2D eigenvalue weighted by molar-refractivity contribution is 7.09. The van der Waals surface area contributed by atoms with Crippen LogP contribution < -0.4 is 10.6 Å². The molecule has 2 rings (SSSR count). The van der Waals surface area contributed by atoms with Gasteiger partial charge in [-0.05, 0) is 30.2 Å². The van der Waals surface area contributed by atoms with Crippen molar-refractivity contribution in [3.63, 3.8) is 0 Å². The van der Waals surface area contributed by atoms with Gasteiger partial charge in [-0.3, -0.25) is 9.59 Å². The van der Waals surface area contributed by atoms with E-state index >= 15 is 0 Å². The summed E-state index contributed by atoms with van der Waals surface area (Å²) in [5.74, 6) is -1.09. The molecule has 0 aromatic carbocycles. The Morgan fingerprint density at radius 1 is 1.24 bits per heavy atom.